The summed E-state index contributed by atoms with van der Waals surface area (Å²) >= 11 is 0. The molecule has 0 aromatic rings. The largest absolute Gasteiger partial charge is 0.378 e. The zero-order valence-corrected chi connectivity index (χ0v) is 12.5. The summed E-state index contributed by atoms with van der Waals surface area (Å²) < 4.78 is 6.00. The summed E-state index contributed by atoms with van der Waals surface area (Å²) in [6.45, 7) is 5.86. The quantitative estimate of drug-likeness (QED) is 0.601. The summed E-state index contributed by atoms with van der Waals surface area (Å²) in [4.78, 5) is 0. The fourth-order valence-corrected chi connectivity index (χ4v) is 3.93. The van der Waals surface area contributed by atoms with E-state index in [-0.39, 0.29) is 0 Å². The highest BCUT2D eigenvalue weighted by Gasteiger charge is 2.35. The summed E-state index contributed by atoms with van der Waals surface area (Å²) in [5.41, 5.74) is 0.619. The van der Waals surface area contributed by atoms with Gasteiger partial charge in [-0.2, -0.15) is 0 Å². The number of ether oxygens (including phenoxy) is 1. The van der Waals surface area contributed by atoms with Crippen LogP contribution in [0.2, 0.25) is 0 Å². The first-order valence-electron chi connectivity index (χ1n) is 8.35. The van der Waals surface area contributed by atoms with Crippen LogP contribution < -0.4 is 0 Å². The van der Waals surface area contributed by atoms with Crippen LogP contribution in [-0.2, 0) is 4.74 Å². The Morgan fingerprint density at radius 2 is 1.89 bits per heavy atom. The maximum Gasteiger partial charge on any atom is 0.0603 e. The first kappa shape index (κ1) is 14.4. The molecule has 2 fully saturated rings. The fraction of sp³-hybridized carbons (Fsp3) is 1.00. The lowest BCUT2D eigenvalue weighted by atomic mass is 9.77. The van der Waals surface area contributed by atoms with E-state index < -0.39 is 0 Å². The van der Waals surface area contributed by atoms with Crippen LogP contribution in [0.25, 0.3) is 0 Å². The van der Waals surface area contributed by atoms with E-state index in [1.54, 1.807) is 0 Å². The molecule has 0 spiro atoms. The Hall–Kier alpha value is -0.0400. The predicted octanol–water partition coefficient (Wildman–Crippen LogP) is 5.33. The standard InChI is InChI=1S/C17H32O/c1-3-4-5-6-11-17(2)12-9-15-8-7-14-18-16(15)10-13-17/h15-16H,3-14H2,1-2H3. The van der Waals surface area contributed by atoms with Crippen molar-refractivity contribution in [3.05, 3.63) is 0 Å². The third-order valence-electron chi connectivity index (χ3n) is 5.36. The van der Waals surface area contributed by atoms with Crippen LogP contribution in [0, 0.1) is 11.3 Å². The minimum Gasteiger partial charge on any atom is -0.378 e. The van der Waals surface area contributed by atoms with Crippen LogP contribution in [0.3, 0.4) is 0 Å². The van der Waals surface area contributed by atoms with E-state index in [0.717, 1.165) is 12.5 Å². The average Bonchev–Trinajstić information content (AvgIpc) is 2.56. The number of hydrogen-bond acceptors (Lipinski definition) is 1. The highest BCUT2D eigenvalue weighted by molar-refractivity contribution is 4.86. The van der Waals surface area contributed by atoms with Gasteiger partial charge >= 0.3 is 0 Å². The van der Waals surface area contributed by atoms with E-state index >= 15 is 0 Å². The smallest absolute Gasteiger partial charge is 0.0603 e. The molecule has 0 amide bonds. The third-order valence-corrected chi connectivity index (χ3v) is 5.36. The number of rotatable bonds is 5. The normalized spacial score (nSPS) is 37.0. The van der Waals surface area contributed by atoms with E-state index in [0.29, 0.717) is 11.5 Å². The molecule has 1 aliphatic heterocycles. The van der Waals surface area contributed by atoms with Crippen LogP contribution in [0.4, 0.5) is 0 Å². The molecule has 0 aromatic carbocycles. The Bertz CT molecular complexity index is 220. The minimum absolute atomic E-state index is 0.608. The molecule has 1 aliphatic carbocycles. The maximum atomic E-state index is 6.00. The molecule has 1 heterocycles. The Morgan fingerprint density at radius 3 is 2.72 bits per heavy atom. The SMILES string of the molecule is CCCCCCC1(C)CCC2CCCOC2CC1. The summed E-state index contributed by atoms with van der Waals surface area (Å²) in [6, 6.07) is 0. The zero-order chi connectivity index (χ0) is 12.8. The molecular formula is C17H32O. The molecule has 0 aromatic heterocycles. The summed E-state index contributed by atoms with van der Waals surface area (Å²) in [6.07, 6.45) is 16.1. The van der Waals surface area contributed by atoms with Crippen LogP contribution in [0.15, 0.2) is 0 Å². The lowest BCUT2D eigenvalue weighted by Crippen LogP contribution is -2.28. The molecule has 106 valence electrons. The van der Waals surface area contributed by atoms with Crippen molar-refractivity contribution in [1.29, 1.82) is 0 Å². The molecule has 2 aliphatic rings. The third kappa shape index (κ3) is 3.98. The van der Waals surface area contributed by atoms with Crippen LogP contribution in [0.1, 0.15) is 84.5 Å². The average molecular weight is 252 g/mol. The first-order valence-corrected chi connectivity index (χ1v) is 8.35. The molecule has 3 unspecified atom stereocenters. The Morgan fingerprint density at radius 1 is 1.06 bits per heavy atom. The van der Waals surface area contributed by atoms with Crippen LogP contribution in [0.5, 0.6) is 0 Å². The zero-order valence-electron chi connectivity index (χ0n) is 12.5. The van der Waals surface area contributed by atoms with Gasteiger partial charge in [-0.25, -0.2) is 0 Å². The molecule has 2 rings (SSSR count). The van der Waals surface area contributed by atoms with Gasteiger partial charge in [0.2, 0.25) is 0 Å². The molecule has 0 N–H and O–H groups in total. The van der Waals surface area contributed by atoms with Crippen molar-refractivity contribution in [1.82, 2.24) is 0 Å². The topological polar surface area (TPSA) is 9.23 Å². The summed E-state index contributed by atoms with van der Waals surface area (Å²) in [5, 5.41) is 0. The lowest BCUT2D eigenvalue weighted by Gasteiger charge is -2.29. The molecule has 1 saturated carbocycles. The van der Waals surface area contributed by atoms with Crippen LogP contribution >= 0.6 is 0 Å². The monoisotopic (exact) mass is 252 g/mol. The highest BCUT2D eigenvalue weighted by atomic mass is 16.5. The van der Waals surface area contributed by atoms with Gasteiger partial charge in [-0.3, -0.25) is 0 Å². The predicted molar refractivity (Wildman–Crippen MR) is 77.8 cm³/mol. The summed E-state index contributed by atoms with van der Waals surface area (Å²) in [7, 11) is 0. The number of unbranched alkanes of at least 4 members (excludes halogenated alkanes) is 3. The maximum absolute atomic E-state index is 6.00. The Kier molecular flexibility index (Phi) is 5.54. The molecule has 1 saturated heterocycles. The van der Waals surface area contributed by atoms with E-state index in [2.05, 4.69) is 13.8 Å². The number of fused-ring (bicyclic) bond motifs is 1. The molecule has 1 heteroatoms. The molecule has 1 nitrogen and oxygen atoms in total. The van der Waals surface area contributed by atoms with Gasteiger partial charge in [-0.15, -0.1) is 0 Å². The van der Waals surface area contributed by atoms with Gasteiger partial charge in [0.05, 0.1) is 6.10 Å². The van der Waals surface area contributed by atoms with E-state index in [4.69, 9.17) is 4.74 Å². The van der Waals surface area contributed by atoms with Crippen molar-refractivity contribution in [2.45, 2.75) is 90.6 Å². The van der Waals surface area contributed by atoms with Crippen molar-refractivity contribution >= 4 is 0 Å². The van der Waals surface area contributed by atoms with Gasteiger partial charge < -0.3 is 4.74 Å². The number of hydrogen-bond donors (Lipinski definition) is 0. The van der Waals surface area contributed by atoms with Crippen molar-refractivity contribution in [3.8, 4) is 0 Å². The Balaban J connectivity index is 1.79. The van der Waals surface area contributed by atoms with Gasteiger partial charge in [-0.05, 0) is 56.3 Å². The van der Waals surface area contributed by atoms with Gasteiger partial charge in [0.1, 0.15) is 0 Å². The van der Waals surface area contributed by atoms with Crippen molar-refractivity contribution in [2.75, 3.05) is 6.61 Å². The van der Waals surface area contributed by atoms with Crippen molar-refractivity contribution < 1.29 is 4.74 Å². The molecule has 18 heavy (non-hydrogen) atoms. The van der Waals surface area contributed by atoms with Gasteiger partial charge in [0.25, 0.3) is 0 Å². The second-order valence-electron chi connectivity index (χ2n) is 7.01. The molecule has 3 atom stereocenters. The first-order chi connectivity index (χ1) is 8.73. The second-order valence-corrected chi connectivity index (χ2v) is 7.01. The van der Waals surface area contributed by atoms with Gasteiger partial charge in [0.15, 0.2) is 0 Å². The van der Waals surface area contributed by atoms with E-state index in [9.17, 15) is 0 Å². The molecular weight excluding hydrogens is 220 g/mol. The van der Waals surface area contributed by atoms with Crippen LogP contribution in [-0.4, -0.2) is 12.7 Å². The van der Waals surface area contributed by atoms with E-state index in [1.165, 1.54) is 70.6 Å². The minimum atomic E-state index is 0.608. The van der Waals surface area contributed by atoms with E-state index in [1.807, 2.05) is 0 Å². The van der Waals surface area contributed by atoms with Gasteiger partial charge in [0, 0.05) is 6.61 Å². The summed E-state index contributed by atoms with van der Waals surface area (Å²) in [5.74, 6) is 0.885. The van der Waals surface area contributed by atoms with Gasteiger partial charge in [-0.1, -0.05) is 39.5 Å². The molecule has 0 radical (unpaired) electrons. The molecule has 0 bridgehead atoms. The van der Waals surface area contributed by atoms with Crippen molar-refractivity contribution in [3.63, 3.8) is 0 Å². The lowest BCUT2D eigenvalue weighted by molar-refractivity contribution is -0.0297. The second kappa shape index (κ2) is 6.93. The Labute approximate surface area is 114 Å². The highest BCUT2D eigenvalue weighted by Crippen LogP contribution is 2.43. The fourth-order valence-electron chi connectivity index (χ4n) is 3.93. The van der Waals surface area contributed by atoms with Crippen molar-refractivity contribution in [2.24, 2.45) is 11.3 Å².